The number of carbonyl (C=O) groups excluding carboxylic acids is 1. The first-order chi connectivity index (χ1) is 7.24. The normalized spacial score (nSPS) is 18.5. The van der Waals surface area contributed by atoms with Gasteiger partial charge in [-0.05, 0) is 7.05 Å². The number of rotatable bonds is 6. The third-order valence-corrected chi connectivity index (χ3v) is 2.45. The number of hydrogen-bond donors (Lipinski definition) is 0. The summed E-state index contributed by atoms with van der Waals surface area (Å²) in [4.78, 5) is 15.4. The molecule has 0 spiro atoms. The van der Waals surface area contributed by atoms with Crippen LogP contribution in [-0.2, 0) is 14.3 Å². The Kier molecular flexibility index (Phi) is 5.60. The maximum atomic E-state index is 11.5. The van der Waals surface area contributed by atoms with Crippen LogP contribution in [0.3, 0.4) is 0 Å². The predicted molar refractivity (Wildman–Crippen MR) is 56.8 cm³/mol. The van der Waals surface area contributed by atoms with Gasteiger partial charge in [0, 0.05) is 26.7 Å². The Labute approximate surface area is 90.9 Å². The zero-order valence-electron chi connectivity index (χ0n) is 9.57. The average molecular weight is 216 g/mol. The zero-order valence-corrected chi connectivity index (χ0v) is 9.57. The quantitative estimate of drug-likeness (QED) is 0.557. The number of carbonyl (C=O) groups is 1. The summed E-state index contributed by atoms with van der Waals surface area (Å²) in [5.74, 6) is 0.194. The van der Waals surface area contributed by atoms with Crippen molar-refractivity contribution >= 4 is 5.91 Å². The van der Waals surface area contributed by atoms with E-state index >= 15 is 0 Å². The lowest BCUT2D eigenvalue weighted by Gasteiger charge is -2.31. The minimum Gasteiger partial charge on any atom is -0.382 e. The maximum Gasteiger partial charge on any atom is 0.236 e. The van der Waals surface area contributed by atoms with Gasteiger partial charge in [0.15, 0.2) is 0 Å². The van der Waals surface area contributed by atoms with Gasteiger partial charge in [0.25, 0.3) is 0 Å². The van der Waals surface area contributed by atoms with Gasteiger partial charge < -0.3 is 14.4 Å². The van der Waals surface area contributed by atoms with Crippen LogP contribution in [0.15, 0.2) is 0 Å². The second-order valence-electron chi connectivity index (χ2n) is 3.72. The second-order valence-corrected chi connectivity index (χ2v) is 3.72. The fourth-order valence-corrected chi connectivity index (χ4v) is 1.48. The Bertz CT molecular complexity index is 199. The molecular weight excluding hydrogens is 196 g/mol. The lowest BCUT2D eigenvalue weighted by atomic mass is 10.3. The Morgan fingerprint density at radius 1 is 1.27 bits per heavy atom. The molecule has 1 amide bonds. The minimum atomic E-state index is 0.194. The number of likely N-dealkylation sites (N-methyl/N-ethyl adjacent to an activating group) is 1. The summed E-state index contributed by atoms with van der Waals surface area (Å²) in [7, 11) is 3.61. The Hall–Kier alpha value is -0.650. The van der Waals surface area contributed by atoms with E-state index in [2.05, 4.69) is 0 Å². The molecule has 0 saturated carbocycles. The molecule has 1 fully saturated rings. The highest BCUT2D eigenvalue weighted by Gasteiger charge is 2.20. The van der Waals surface area contributed by atoms with Gasteiger partial charge in [-0.2, -0.15) is 0 Å². The first kappa shape index (κ1) is 12.4. The first-order valence-electron chi connectivity index (χ1n) is 5.27. The molecule has 0 bridgehead atoms. The van der Waals surface area contributed by atoms with E-state index in [4.69, 9.17) is 9.47 Å². The molecule has 1 aliphatic rings. The molecule has 5 heteroatoms. The van der Waals surface area contributed by atoms with Gasteiger partial charge in [0.05, 0.1) is 26.4 Å². The lowest BCUT2D eigenvalue weighted by Crippen LogP contribution is -2.49. The standard InChI is InChI=1S/C10H20N2O3/c1-11-3-4-12(10(13)9-11)5-6-15-8-7-14-2/h3-9H2,1-2H3. The molecule has 1 rings (SSSR count). The highest BCUT2D eigenvalue weighted by Crippen LogP contribution is 2.00. The van der Waals surface area contributed by atoms with Crippen molar-refractivity contribution in [1.29, 1.82) is 0 Å². The molecule has 1 saturated heterocycles. The van der Waals surface area contributed by atoms with Crippen molar-refractivity contribution in [2.45, 2.75) is 0 Å². The smallest absolute Gasteiger partial charge is 0.236 e. The largest absolute Gasteiger partial charge is 0.382 e. The van der Waals surface area contributed by atoms with Crippen LogP contribution in [0.4, 0.5) is 0 Å². The summed E-state index contributed by atoms with van der Waals surface area (Å²) in [5, 5.41) is 0. The summed E-state index contributed by atoms with van der Waals surface area (Å²) in [5.41, 5.74) is 0. The molecule has 88 valence electrons. The first-order valence-corrected chi connectivity index (χ1v) is 5.27. The number of ether oxygens (including phenoxy) is 2. The molecule has 0 radical (unpaired) electrons. The van der Waals surface area contributed by atoms with Crippen molar-refractivity contribution < 1.29 is 14.3 Å². The van der Waals surface area contributed by atoms with Crippen molar-refractivity contribution in [3.05, 3.63) is 0 Å². The highest BCUT2D eigenvalue weighted by atomic mass is 16.5. The summed E-state index contributed by atoms with van der Waals surface area (Å²) in [6.45, 7) is 4.77. The minimum absolute atomic E-state index is 0.194. The number of amides is 1. The fourth-order valence-electron chi connectivity index (χ4n) is 1.48. The zero-order chi connectivity index (χ0) is 11.1. The second kappa shape index (κ2) is 6.76. The summed E-state index contributed by atoms with van der Waals surface area (Å²) in [6, 6.07) is 0. The third kappa shape index (κ3) is 4.59. The van der Waals surface area contributed by atoms with E-state index in [1.165, 1.54) is 0 Å². The molecule has 1 aliphatic heterocycles. The number of nitrogens with zero attached hydrogens (tertiary/aromatic N) is 2. The van der Waals surface area contributed by atoms with E-state index in [0.717, 1.165) is 13.1 Å². The molecule has 15 heavy (non-hydrogen) atoms. The summed E-state index contributed by atoms with van der Waals surface area (Å²) >= 11 is 0. The van der Waals surface area contributed by atoms with Crippen LogP contribution in [0.2, 0.25) is 0 Å². The number of hydrogen-bond acceptors (Lipinski definition) is 4. The Morgan fingerprint density at radius 2 is 2.07 bits per heavy atom. The topological polar surface area (TPSA) is 42.0 Å². The summed E-state index contributed by atoms with van der Waals surface area (Å²) in [6.07, 6.45) is 0. The Morgan fingerprint density at radius 3 is 2.73 bits per heavy atom. The van der Waals surface area contributed by atoms with Gasteiger partial charge in [-0.15, -0.1) is 0 Å². The van der Waals surface area contributed by atoms with Crippen molar-refractivity contribution in [3.8, 4) is 0 Å². The van der Waals surface area contributed by atoms with Crippen molar-refractivity contribution in [1.82, 2.24) is 9.80 Å². The van der Waals surface area contributed by atoms with Gasteiger partial charge in [0.2, 0.25) is 5.91 Å². The van der Waals surface area contributed by atoms with Crippen LogP contribution >= 0.6 is 0 Å². The predicted octanol–water partition coefficient (Wildman–Crippen LogP) is -0.577. The van der Waals surface area contributed by atoms with Crippen LogP contribution < -0.4 is 0 Å². The summed E-state index contributed by atoms with van der Waals surface area (Å²) < 4.78 is 10.2. The SMILES string of the molecule is COCCOCCN1CCN(C)CC1=O. The van der Waals surface area contributed by atoms with E-state index in [1.54, 1.807) is 7.11 Å². The van der Waals surface area contributed by atoms with E-state index < -0.39 is 0 Å². The van der Waals surface area contributed by atoms with E-state index in [9.17, 15) is 4.79 Å². The van der Waals surface area contributed by atoms with Gasteiger partial charge in [-0.1, -0.05) is 0 Å². The molecule has 0 aromatic rings. The van der Waals surface area contributed by atoms with Gasteiger partial charge in [-0.25, -0.2) is 0 Å². The van der Waals surface area contributed by atoms with Crippen LogP contribution in [0.5, 0.6) is 0 Å². The van der Waals surface area contributed by atoms with E-state index in [0.29, 0.717) is 32.9 Å². The molecule has 0 aliphatic carbocycles. The molecule has 1 heterocycles. The lowest BCUT2D eigenvalue weighted by molar-refractivity contribution is -0.136. The molecule has 5 nitrogen and oxygen atoms in total. The van der Waals surface area contributed by atoms with E-state index in [-0.39, 0.29) is 5.91 Å². The van der Waals surface area contributed by atoms with Gasteiger partial charge >= 0.3 is 0 Å². The van der Waals surface area contributed by atoms with Crippen molar-refractivity contribution in [2.24, 2.45) is 0 Å². The number of piperazine rings is 1. The van der Waals surface area contributed by atoms with E-state index in [1.807, 2.05) is 16.8 Å². The van der Waals surface area contributed by atoms with Crippen molar-refractivity contribution in [2.75, 3.05) is 60.2 Å². The number of methoxy groups -OCH3 is 1. The van der Waals surface area contributed by atoms with Crippen LogP contribution in [0, 0.1) is 0 Å². The fraction of sp³-hybridized carbons (Fsp3) is 0.900. The van der Waals surface area contributed by atoms with Gasteiger partial charge in [-0.3, -0.25) is 9.69 Å². The Balaban J connectivity index is 2.08. The van der Waals surface area contributed by atoms with Crippen LogP contribution in [0.1, 0.15) is 0 Å². The average Bonchev–Trinajstić information content (AvgIpc) is 2.20. The molecule has 0 N–H and O–H groups in total. The maximum absolute atomic E-state index is 11.5. The van der Waals surface area contributed by atoms with Gasteiger partial charge in [0.1, 0.15) is 0 Å². The van der Waals surface area contributed by atoms with Crippen LogP contribution in [0.25, 0.3) is 0 Å². The molecule has 0 aromatic heterocycles. The molecule has 0 atom stereocenters. The molecule has 0 unspecified atom stereocenters. The van der Waals surface area contributed by atoms with Crippen molar-refractivity contribution in [3.63, 3.8) is 0 Å². The molecule has 0 aromatic carbocycles. The third-order valence-electron chi connectivity index (χ3n) is 2.45. The van der Waals surface area contributed by atoms with Crippen LogP contribution in [-0.4, -0.2) is 75.9 Å². The monoisotopic (exact) mass is 216 g/mol. The highest BCUT2D eigenvalue weighted by molar-refractivity contribution is 5.78. The molecular formula is C10H20N2O3.